The van der Waals surface area contributed by atoms with Crippen molar-refractivity contribution in [2.75, 3.05) is 12.4 Å². The number of hydrogen-bond donors (Lipinski definition) is 1. The minimum absolute atomic E-state index is 0.436. The number of anilines is 1. The van der Waals surface area contributed by atoms with Gasteiger partial charge in [0.2, 0.25) is 0 Å². The average molecular weight is 175 g/mol. The topological polar surface area (TPSA) is 56.1 Å². The van der Waals surface area contributed by atoms with Crippen molar-refractivity contribution in [3.63, 3.8) is 0 Å². The van der Waals surface area contributed by atoms with E-state index in [4.69, 9.17) is 5.26 Å². The number of nitrogens with one attached hydrogen (secondary N) is 1. The number of carbonyl (C=O) groups excluding carboxylic acids is 1. The molecule has 0 radical (unpaired) electrons. The molecule has 0 aliphatic carbocycles. The second-order valence-corrected chi connectivity index (χ2v) is 2.46. The van der Waals surface area contributed by atoms with Crippen LogP contribution in [0.5, 0.6) is 0 Å². The van der Waals surface area contributed by atoms with Crippen LogP contribution in [0, 0.1) is 11.5 Å². The van der Waals surface area contributed by atoms with Crippen molar-refractivity contribution < 1.29 is 4.79 Å². The SMILES string of the molecule is CN(C#N)C(=O)Nc1ccccc1. The van der Waals surface area contributed by atoms with Gasteiger partial charge in [0.1, 0.15) is 0 Å². The number of carbonyl (C=O) groups is 1. The molecule has 0 heterocycles. The van der Waals surface area contributed by atoms with Gasteiger partial charge < -0.3 is 5.32 Å². The van der Waals surface area contributed by atoms with Gasteiger partial charge in [-0.3, -0.25) is 0 Å². The number of urea groups is 1. The van der Waals surface area contributed by atoms with Crippen LogP contribution in [0.4, 0.5) is 10.5 Å². The summed E-state index contributed by atoms with van der Waals surface area (Å²) in [5.74, 6) is 0. The third kappa shape index (κ3) is 2.49. The molecule has 2 amide bonds. The molecule has 1 aromatic carbocycles. The summed E-state index contributed by atoms with van der Waals surface area (Å²) in [5, 5.41) is 11.0. The van der Waals surface area contributed by atoms with E-state index in [2.05, 4.69) is 5.32 Å². The molecule has 0 aromatic heterocycles. The molecule has 0 aliphatic heterocycles. The van der Waals surface area contributed by atoms with Gasteiger partial charge in [-0.15, -0.1) is 0 Å². The van der Waals surface area contributed by atoms with E-state index in [9.17, 15) is 4.79 Å². The van der Waals surface area contributed by atoms with Crippen LogP contribution in [0.3, 0.4) is 0 Å². The Morgan fingerprint density at radius 1 is 1.46 bits per heavy atom. The molecule has 66 valence electrons. The number of nitriles is 1. The maximum atomic E-state index is 11.1. The molecule has 0 saturated heterocycles. The Balaban J connectivity index is 2.62. The fraction of sp³-hybridized carbons (Fsp3) is 0.111. The summed E-state index contributed by atoms with van der Waals surface area (Å²) < 4.78 is 0. The van der Waals surface area contributed by atoms with Gasteiger partial charge in [0.25, 0.3) is 0 Å². The van der Waals surface area contributed by atoms with Gasteiger partial charge in [0.15, 0.2) is 6.19 Å². The van der Waals surface area contributed by atoms with Gasteiger partial charge in [0.05, 0.1) is 0 Å². The highest BCUT2D eigenvalue weighted by Gasteiger charge is 2.05. The van der Waals surface area contributed by atoms with Crippen molar-refractivity contribution in [2.24, 2.45) is 0 Å². The fourth-order valence-electron chi connectivity index (χ4n) is 0.774. The zero-order valence-electron chi connectivity index (χ0n) is 7.19. The van der Waals surface area contributed by atoms with E-state index in [1.165, 1.54) is 7.05 Å². The Bertz CT molecular complexity index is 328. The molecule has 0 aliphatic rings. The molecule has 0 spiro atoms. The van der Waals surface area contributed by atoms with E-state index in [1.54, 1.807) is 18.3 Å². The van der Waals surface area contributed by atoms with E-state index in [1.807, 2.05) is 18.2 Å². The Labute approximate surface area is 76.4 Å². The number of rotatable bonds is 1. The standard InChI is InChI=1S/C9H9N3O/c1-12(7-10)9(13)11-8-5-3-2-4-6-8/h2-6H,1H3,(H,11,13). The van der Waals surface area contributed by atoms with Gasteiger partial charge in [0, 0.05) is 12.7 Å². The summed E-state index contributed by atoms with van der Waals surface area (Å²) >= 11 is 0. The summed E-state index contributed by atoms with van der Waals surface area (Å²) in [6, 6.07) is 8.54. The van der Waals surface area contributed by atoms with Crippen molar-refractivity contribution in [3.8, 4) is 6.19 Å². The van der Waals surface area contributed by atoms with E-state index in [0.29, 0.717) is 5.69 Å². The van der Waals surface area contributed by atoms with Crippen molar-refractivity contribution >= 4 is 11.7 Å². The summed E-state index contributed by atoms with van der Waals surface area (Å²) in [6.45, 7) is 0. The van der Waals surface area contributed by atoms with Crippen LogP contribution in [-0.4, -0.2) is 18.0 Å². The van der Waals surface area contributed by atoms with Crippen molar-refractivity contribution in [2.45, 2.75) is 0 Å². The first-order valence-corrected chi connectivity index (χ1v) is 3.73. The van der Waals surface area contributed by atoms with Crippen LogP contribution in [-0.2, 0) is 0 Å². The van der Waals surface area contributed by atoms with Gasteiger partial charge in [-0.25, -0.2) is 9.69 Å². The molecule has 4 heteroatoms. The van der Waals surface area contributed by atoms with Crippen molar-refractivity contribution in [1.82, 2.24) is 4.90 Å². The van der Waals surface area contributed by atoms with Crippen molar-refractivity contribution in [1.29, 1.82) is 5.26 Å². The molecule has 13 heavy (non-hydrogen) atoms. The largest absolute Gasteiger partial charge is 0.334 e. The lowest BCUT2D eigenvalue weighted by atomic mass is 10.3. The summed E-state index contributed by atoms with van der Waals surface area (Å²) in [6.07, 6.45) is 1.71. The predicted octanol–water partition coefficient (Wildman–Crippen LogP) is 1.63. The Hall–Kier alpha value is -2.02. The molecule has 0 unspecified atom stereocenters. The van der Waals surface area contributed by atoms with Crippen LogP contribution in [0.25, 0.3) is 0 Å². The molecule has 0 atom stereocenters. The third-order valence-electron chi connectivity index (χ3n) is 1.48. The van der Waals surface area contributed by atoms with Crippen LogP contribution in [0.1, 0.15) is 0 Å². The quantitative estimate of drug-likeness (QED) is 0.521. The highest BCUT2D eigenvalue weighted by molar-refractivity contribution is 5.89. The molecule has 1 aromatic rings. The average Bonchev–Trinajstić information content (AvgIpc) is 2.18. The maximum Gasteiger partial charge on any atom is 0.334 e. The minimum atomic E-state index is -0.436. The van der Waals surface area contributed by atoms with E-state index < -0.39 is 6.03 Å². The summed E-state index contributed by atoms with van der Waals surface area (Å²) in [5.41, 5.74) is 0.676. The first kappa shape index (κ1) is 9.07. The molecule has 1 rings (SSSR count). The molecule has 0 fully saturated rings. The van der Waals surface area contributed by atoms with Crippen LogP contribution in [0.2, 0.25) is 0 Å². The second kappa shape index (κ2) is 4.12. The number of hydrogen-bond acceptors (Lipinski definition) is 2. The molecular weight excluding hydrogens is 166 g/mol. The number of para-hydroxylation sites is 1. The first-order chi connectivity index (χ1) is 6.24. The Morgan fingerprint density at radius 2 is 2.08 bits per heavy atom. The molecule has 4 nitrogen and oxygen atoms in total. The van der Waals surface area contributed by atoms with E-state index in [-0.39, 0.29) is 0 Å². The number of amides is 2. The third-order valence-corrected chi connectivity index (χ3v) is 1.48. The van der Waals surface area contributed by atoms with Crippen LogP contribution < -0.4 is 5.32 Å². The Kier molecular flexibility index (Phi) is 2.87. The van der Waals surface area contributed by atoms with Gasteiger partial charge in [-0.1, -0.05) is 18.2 Å². The minimum Gasteiger partial charge on any atom is -0.307 e. The zero-order valence-corrected chi connectivity index (χ0v) is 7.19. The molecular formula is C9H9N3O. The first-order valence-electron chi connectivity index (χ1n) is 3.73. The summed E-state index contributed by atoms with van der Waals surface area (Å²) in [7, 11) is 1.40. The monoisotopic (exact) mass is 175 g/mol. The molecule has 1 N–H and O–H groups in total. The smallest absolute Gasteiger partial charge is 0.307 e. The molecule has 0 bridgehead atoms. The van der Waals surface area contributed by atoms with Gasteiger partial charge in [-0.05, 0) is 12.1 Å². The van der Waals surface area contributed by atoms with E-state index >= 15 is 0 Å². The normalized spacial score (nSPS) is 8.62. The predicted molar refractivity (Wildman–Crippen MR) is 48.8 cm³/mol. The highest BCUT2D eigenvalue weighted by Crippen LogP contribution is 2.05. The number of benzene rings is 1. The van der Waals surface area contributed by atoms with Gasteiger partial charge in [-0.2, -0.15) is 5.26 Å². The lowest BCUT2D eigenvalue weighted by molar-refractivity contribution is 0.237. The Morgan fingerprint density at radius 3 is 2.62 bits per heavy atom. The van der Waals surface area contributed by atoms with Crippen LogP contribution >= 0.6 is 0 Å². The van der Waals surface area contributed by atoms with Crippen LogP contribution in [0.15, 0.2) is 30.3 Å². The fourth-order valence-corrected chi connectivity index (χ4v) is 0.774. The molecule has 0 saturated carbocycles. The summed E-state index contributed by atoms with van der Waals surface area (Å²) in [4.78, 5) is 12.1. The highest BCUT2D eigenvalue weighted by atomic mass is 16.2. The maximum absolute atomic E-state index is 11.1. The van der Waals surface area contributed by atoms with E-state index in [0.717, 1.165) is 4.90 Å². The number of nitrogens with zero attached hydrogens (tertiary/aromatic N) is 2. The lowest BCUT2D eigenvalue weighted by Crippen LogP contribution is -2.26. The second-order valence-electron chi connectivity index (χ2n) is 2.46. The lowest BCUT2D eigenvalue weighted by Gasteiger charge is -2.08. The van der Waals surface area contributed by atoms with Gasteiger partial charge >= 0.3 is 6.03 Å². The zero-order chi connectivity index (χ0) is 9.68. The van der Waals surface area contributed by atoms with Crippen molar-refractivity contribution in [3.05, 3.63) is 30.3 Å².